The number of aromatic hydroxyl groups is 1. The Kier molecular flexibility index (Phi) is 4.40. The van der Waals surface area contributed by atoms with Crippen molar-refractivity contribution in [3.05, 3.63) is 47.8 Å². The van der Waals surface area contributed by atoms with Crippen molar-refractivity contribution in [1.29, 1.82) is 5.26 Å². The van der Waals surface area contributed by atoms with E-state index in [9.17, 15) is 5.11 Å². The van der Waals surface area contributed by atoms with E-state index in [2.05, 4.69) is 10.3 Å². The first-order chi connectivity index (χ1) is 9.69. The van der Waals surface area contributed by atoms with Gasteiger partial charge in [0.25, 0.3) is 0 Å². The second-order valence-corrected chi connectivity index (χ2v) is 4.25. The number of nitriles is 1. The molecule has 2 N–H and O–H groups in total. The maximum absolute atomic E-state index is 9.72. The fourth-order valence-electron chi connectivity index (χ4n) is 1.73. The molecule has 20 heavy (non-hydrogen) atoms. The highest BCUT2D eigenvalue weighted by molar-refractivity contribution is 5.48. The van der Waals surface area contributed by atoms with Crippen LogP contribution < -0.4 is 10.1 Å². The quantitative estimate of drug-likeness (QED) is 0.872. The normalized spacial score (nSPS) is 9.80. The molecule has 0 saturated heterocycles. The van der Waals surface area contributed by atoms with Crippen LogP contribution in [0.25, 0.3) is 0 Å². The molecule has 0 unspecified atom stereocenters. The number of pyridine rings is 1. The number of anilines is 1. The first kappa shape index (κ1) is 13.7. The summed E-state index contributed by atoms with van der Waals surface area (Å²) >= 11 is 0. The van der Waals surface area contributed by atoms with Crippen LogP contribution >= 0.6 is 0 Å². The average Bonchev–Trinajstić information content (AvgIpc) is 2.46. The molecule has 0 radical (unpaired) electrons. The third kappa shape index (κ3) is 3.62. The monoisotopic (exact) mass is 269 g/mol. The second-order valence-electron chi connectivity index (χ2n) is 4.25. The van der Waals surface area contributed by atoms with Crippen molar-refractivity contribution in [3.8, 4) is 17.6 Å². The third-order valence-corrected chi connectivity index (χ3v) is 2.69. The van der Waals surface area contributed by atoms with E-state index in [-0.39, 0.29) is 12.4 Å². The maximum atomic E-state index is 9.72. The van der Waals surface area contributed by atoms with Crippen LogP contribution in [0.2, 0.25) is 0 Å². The van der Waals surface area contributed by atoms with E-state index in [0.29, 0.717) is 18.0 Å². The molecule has 0 aliphatic rings. The number of ether oxygens (including phenoxy) is 1. The molecule has 0 spiro atoms. The van der Waals surface area contributed by atoms with Crippen molar-refractivity contribution in [3.63, 3.8) is 0 Å². The Morgan fingerprint density at radius 1 is 1.35 bits per heavy atom. The van der Waals surface area contributed by atoms with Gasteiger partial charge in [0.1, 0.15) is 23.3 Å². The molecule has 5 heteroatoms. The lowest BCUT2D eigenvalue weighted by atomic mass is 10.2. The highest BCUT2D eigenvalue weighted by Gasteiger charge is 2.03. The molecule has 1 heterocycles. The minimum absolute atomic E-state index is 0.0175. The van der Waals surface area contributed by atoms with Crippen LogP contribution in [0.5, 0.6) is 11.5 Å². The highest BCUT2D eigenvalue weighted by Crippen LogP contribution is 2.20. The van der Waals surface area contributed by atoms with Gasteiger partial charge in [0.15, 0.2) is 6.61 Å². The lowest BCUT2D eigenvalue weighted by molar-refractivity contribution is 0.368. The molecule has 102 valence electrons. The summed E-state index contributed by atoms with van der Waals surface area (Å²) in [6.45, 7) is 2.30. The van der Waals surface area contributed by atoms with Crippen LogP contribution in [0.3, 0.4) is 0 Å². The van der Waals surface area contributed by atoms with Gasteiger partial charge in [-0.3, -0.25) is 4.98 Å². The van der Waals surface area contributed by atoms with E-state index < -0.39 is 0 Å². The minimum Gasteiger partial charge on any atom is -0.506 e. The first-order valence-corrected chi connectivity index (χ1v) is 6.18. The number of aromatic nitrogens is 1. The molecule has 1 aromatic carbocycles. The number of nitrogens with zero attached hydrogens (tertiary/aromatic N) is 2. The third-order valence-electron chi connectivity index (χ3n) is 2.69. The predicted molar refractivity (Wildman–Crippen MR) is 75.5 cm³/mol. The van der Waals surface area contributed by atoms with Crippen molar-refractivity contribution < 1.29 is 9.84 Å². The summed E-state index contributed by atoms with van der Waals surface area (Å²) < 4.78 is 5.22. The molecular formula is C15H15N3O2. The lowest BCUT2D eigenvalue weighted by Gasteiger charge is -2.09. The minimum atomic E-state index is 0.0175. The Balaban J connectivity index is 2.03. The van der Waals surface area contributed by atoms with Crippen LogP contribution in [0.15, 0.2) is 36.4 Å². The Hall–Kier alpha value is -2.74. The predicted octanol–water partition coefficient (Wildman–Crippen LogP) is 2.61. The van der Waals surface area contributed by atoms with E-state index in [1.54, 1.807) is 24.3 Å². The zero-order valence-corrected chi connectivity index (χ0v) is 11.1. The number of nitrogens with one attached hydrogen (secondary N) is 1. The fraction of sp³-hybridized carbons (Fsp3) is 0.200. The Labute approximate surface area is 117 Å². The SMILES string of the molecule is Cc1ccc(O)c(CNc2cccc(OCC#N)c2)n1. The van der Waals surface area contributed by atoms with E-state index >= 15 is 0 Å². The zero-order valence-electron chi connectivity index (χ0n) is 11.1. The molecule has 0 atom stereocenters. The molecule has 0 amide bonds. The van der Waals surface area contributed by atoms with Crippen LogP contribution in [0.4, 0.5) is 5.69 Å². The van der Waals surface area contributed by atoms with E-state index in [1.807, 2.05) is 25.1 Å². The highest BCUT2D eigenvalue weighted by atomic mass is 16.5. The van der Waals surface area contributed by atoms with Crippen molar-refractivity contribution >= 4 is 5.69 Å². The van der Waals surface area contributed by atoms with Crippen molar-refractivity contribution in [2.24, 2.45) is 0 Å². The molecule has 0 aliphatic heterocycles. The molecular weight excluding hydrogens is 254 g/mol. The summed E-state index contributed by atoms with van der Waals surface area (Å²) in [5, 5.41) is 21.4. The Bertz CT molecular complexity index is 635. The van der Waals surface area contributed by atoms with E-state index in [4.69, 9.17) is 10.00 Å². The zero-order chi connectivity index (χ0) is 14.4. The first-order valence-electron chi connectivity index (χ1n) is 6.18. The van der Waals surface area contributed by atoms with Crippen LogP contribution in [0, 0.1) is 18.3 Å². The molecule has 0 saturated carbocycles. The van der Waals surface area contributed by atoms with Crippen molar-refractivity contribution in [1.82, 2.24) is 4.98 Å². The number of hydrogen-bond donors (Lipinski definition) is 2. The number of hydrogen-bond acceptors (Lipinski definition) is 5. The van der Waals surface area contributed by atoms with Gasteiger partial charge in [-0.1, -0.05) is 6.07 Å². The summed E-state index contributed by atoms with van der Waals surface area (Å²) in [4.78, 5) is 4.27. The number of aryl methyl sites for hydroxylation is 1. The summed E-state index contributed by atoms with van der Waals surface area (Å²) in [5.74, 6) is 0.790. The average molecular weight is 269 g/mol. The summed E-state index contributed by atoms with van der Waals surface area (Å²) in [7, 11) is 0. The van der Waals surface area contributed by atoms with Gasteiger partial charge in [0.05, 0.1) is 6.54 Å². The fourth-order valence-corrected chi connectivity index (χ4v) is 1.73. The van der Waals surface area contributed by atoms with Gasteiger partial charge in [-0.05, 0) is 31.2 Å². The van der Waals surface area contributed by atoms with Gasteiger partial charge in [-0.2, -0.15) is 5.26 Å². The molecule has 0 bridgehead atoms. The van der Waals surface area contributed by atoms with Gasteiger partial charge < -0.3 is 15.2 Å². The molecule has 1 aromatic heterocycles. The van der Waals surface area contributed by atoms with Gasteiger partial charge >= 0.3 is 0 Å². The van der Waals surface area contributed by atoms with Crippen molar-refractivity contribution in [2.45, 2.75) is 13.5 Å². The van der Waals surface area contributed by atoms with Crippen LogP contribution in [-0.2, 0) is 6.54 Å². The van der Waals surface area contributed by atoms with E-state index in [0.717, 1.165) is 11.4 Å². The summed E-state index contributed by atoms with van der Waals surface area (Å²) in [6, 6.07) is 12.6. The standard InChI is InChI=1S/C15H15N3O2/c1-11-5-6-15(19)14(18-11)10-17-12-3-2-4-13(9-12)20-8-7-16/h2-6,9,17,19H,8,10H2,1H3. The molecule has 5 nitrogen and oxygen atoms in total. The smallest absolute Gasteiger partial charge is 0.174 e. The summed E-state index contributed by atoms with van der Waals surface area (Å²) in [6.07, 6.45) is 0. The maximum Gasteiger partial charge on any atom is 0.174 e. The molecule has 0 fully saturated rings. The van der Waals surface area contributed by atoms with Gasteiger partial charge in [0, 0.05) is 17.4 Å². The molecule has 2 rings (SSSR count). The molecule has 0 aliphatic carbocycles. The van der Waals surface area contributed by atoms with Gasteiger partial charge in [-0.15, -0.1) is 0 Å². The summed E-state index contributed by atoms with van der Waals surface area (Å²) in [5.41, 5.74) is 2.28. The van der Waals surface area contributed by atoms with E-state index in [1.165, 1.54) is 0 Å². The van der Waals surface area contributed by atoms with Crippen molar-refractivity contribution in [2.75, 3.05) is 11.9 Å². The Morgan fingerprint density at radius 2 is 2.20 bits per heavy atom. The number of rotatable bonds is 5. The van der Waals surface area contributed by atoms with Gasteiger partial charge in [-0.25, -0.2) is 0 Å². The number of benzene rings is 1. The second kappa shape index (κ2) is 6.43. The van der Waals surface area contributed by atoms with Gasteiger partial charge in [0.2, 0.25) is 0 Å². The van der Waals surface area contributed by atoms with Crippen LogP contribution in [0.1, 0.15) is 11.4 Å². The molecule has 2 aromatic rings. The Morgan fingerprint density at radius 3 is 3.00 bits per heavy atom. The largest absolute Gasteiger partial charge is 0.506 e. The topological polar surface area (TPSA) is 78.2 Å². The lowest BCUT2D eigenvalue weighted by Crippen LogP contribution is -2.03. The van der Waals surface area contributed by atoms with Crippen LogP contribution in [-0.4, -0.2) is 16.7 Å².